The smallest absolute Gasteiger partial charge is 0.0932 e. The Labute approximate surface area is 103 Å². The highest BCUT2D eigenvalue weighted by molar-refractivity contribution is 7.16. The molecular weight excluding hydrogens is 246 g/mol. The molecule has 0 aliphatic heterocycles. The Morgan fingerprint density at radius 3 is 2.67 bits per heavy atom. The van der Waals surface area contributed by atoms with Crippen LogP contribution in [0.4, 0.5) is 5.69 Å². The van der Waals surface area contributed by atoms with Gasteiger partial charge in [-0.2, -0.15) is 0 Å². The van der Waals surface area contributed by atoms with Gasteiger partial charge < -0.3 is 5.32 Å². The summed E-state index contributed by atoms with van der Waals surface area (Å²) < 4.78 is 0.848. The molecule has 2 heterocycles. The predicted molar refractivity (Wildman–Crippen MR) is 70.4 cm³/mol. The van der Waals surface area contributed by atoms with E-state index in [-0.39, 0.29) is 0 Å². The fourth-order valence-corrected chi connectivity index (χ4v) is 3.23. The lowest BCUT2D eigenvalue weighted by atomic mass is 10.2. The molecule has 0 radical (unpaired) electrons. The van der Waals surface area contributed by atoms with Crippen LogP contribution in [0, 0.1) is 6.92 Å². The highest BCUT2D eigenvalue weighted by Crippen LogP contribution is 2.30. The van der Waals surface area contributed by atoms with Crippen molar-refractivity contribution >= 4 is 40.0 Å². The highest BCUT2D eigenvalue weighted by atomic mass is 35.5. The number of nitrogens with one attached hydrogen (secondary N) is 1. The standard InChI is InChI=1S/C11H12ClNS2/c1-7-5-14-6-9(7)13-8(2)10-3-4-11(12)15-10/h3-6,8,13H,1-2H3. The molecule has 0 amide bonds. The van der Waals surface area contributed by atoms with Gasteiger partial charge in [0.25, 0.3) is 0 Å². The van der Waals surface area contributed by atoms with Gasteiger partial charge in [0.05, 0.1) is 10.4 Å². The van der Waals surface area contributed by atoms with E-state index in [1.165, 1.54) is 16.1 Å². The fourth-order valence-electron chi connectivity index (χ4n) is 1.37. The van der Waals surface area contributed by atoms with E-state index in [1.54, 1.807) is 22.7 Å². The van der Waals surface area contributed by atoms with Crippen LogP contribution in [0.5, 0.6) is 0 Å². The Bertz CT molecular complexity index is 447. The van der Waals surface area contributed by atoms with Crippen molar-refractivity contribution in [3.63, 3.8) is 0 Å². The first kappa shape index (κ1) is 11.0. The van der Waals surface area contributed by atoms with E-state index in [2.05, 4.69) is 36.0 Å². The first-order chi connectivity index (χ1) is 7.16. The summed E-state index contributed by atoms with van der Waals surface area (Å²) in [6, 6.07) is 4.34. The largest absolute Gasteiger partial charge is 0.377 e. The van der Waals surface area contributed by atoms with Crippen molar-refractivity contribution in [1.82, 2.24) is 0 Å². The molecule has 1 nitrogen and oxygen atoms in total. The molecule has 1 unspecified atom stereocenters. The van der Waals surface area contributed by atoms with Crippen LogP contribution in [0.3, 0.4) is 0 Å². The number of halogens is 1. The Morgan fingerprint density at radius 2 is 2.13 bits per heavy atom. The molecule has 0 bridgehead atoms. The van der Waals surface area contributed by atoms with Crippen LogP contribution in [0.15, 0.2) is 22.9 Å². The van der Waals surface area contributed by atoms with Crippen molar-refractivity contribution in [2.24, 2.45) is 0 Å². The first-order valence-electron chi connectivity index (χ1n) is 4.71. The fraction of sp³-hybridized carbons (Fsp3) is 0.273. The van der Waals surface area contributed by atoms with Gasteiger partial charge >= 0.3 is 0 Å². The van der Waals surface area contributed by atoms with Crippen molar-refractivity contribution in [3.8, 4) is 0 Å². The van der Waals surface area contributed by atoms with Gasteiger partial charge in [0, 0.05) is 15.9 Å². The summed E-state index contributed by atoms with van der Waals surface area (Å²) >= 11 is 9.26. The molecule has 0 aliphatic carbocycles. The van der Waals surface area contributed by atoms with E-state index in [0.717, 1.165) is 4.34 Å². The van der Waals surface area contributed by atoms with Gasteiger partial charge in [-0.25, -0.2) is 0 Å². The number of hydrogen-bond acceptors (Lipinski definition) is 3. The van der Waals surface area contributed by atoms with Crippen LogP contribution in [0.2, 0.25) is 4.34 Å². The number of rotatable bonds is 3. The minimum Gasteiger partial charge on any atom is -0.377 e. The maximum atomic E-state index is 5.91. The normalized spacial score (nSPS) is 12.7. The summed E-state index contributed by atoms with van der Waals surface area (Å²) in [4.78, 5) is 1.27. The third kappa shape index (κ3) is 2.54. The van der Waals surface area contributed by atoms with Crippen LogP contribution < -0.4 is 5.32 Å². The summed E-state index contributed by atoms with van der Waals surface area (Å²) in [5.41, 5.74) is 2.52. The molecule has 1 N–H and O–H groups in total. The molecule has 1 atom stereocenters. The van der Waals surface area contributed by atoms with Crippen LogP contribution in [-0.4, -0.2) is 0 Å². The van der Waals surface area contributed by atoms with Crippen molar-refractivity contribution in [3.05, 3.63) is 37.7 Å². The van der Waals surface area contributed by atoms with Crippen molar-refractivity contribution in [1.29, 1.82) is 0 Å². The molecule has 2 rings (SSSR count). The van der Waals surface area contributed by atoms with Gasteiger partial charge in [0.2, 0.25) is 0 Å². The highest BCUT2D eigenvalue weighted by Gasteiger charge is 2.09. The molecule has 2 aromatic heterocycles. The lowest BCUT2D eigenvalue weighted by molar-refractivity contribution is 0.907. The topological polar surface area (TPSA) is 12.0 Å². The van der Waals surface area contributed by atoms with Gasteiger partial charge in [-0.15, -0.1) is 22.7 Å². The quantitative estimate of drug-likeness (QED) is 0.821. The molecule has 0 saturated heterocycles. The van der Waals surface area contributed by atoms with Gasteiger partial charge in [0.15, 0.2) is 0 Å². The monoisotopic (exact) mass is 257 g/mol. The van der Waals surface area contributed by atoms with Crippen LogP contribution in [0.25, 0.3) is 0 Å². The second-order valence-corrected chi connectivity index (χ2v) is 5.97. The zero-order valence-corrected chi connectivity index (χ0v) is 11.0. The zero-order chi connectivity index (χ0) is 10.8. The van der Waals surface area contributed by atoms with Crippen molar-refractivity contribution in [2.45, 2.75) is 19.9 Å². The number of anilines is 1. The van der Waals surface area contributed by atoms with E-state index < -0.39 is 0 Å². The maximum absolute atomic E-state index is 5.91. The van der Waals surface area contributed by atoms with E-state index in [0.29, 0.717) is 6.04 Å². The molecule has 0 aliphatic rings. The van der Waals surface area contributed by atoms with Gasteiger partial charge in [-0.05, 0) is 36.9 Å². The average Bonchev–Trinajstić information content (AvgIpc) is 2.77. The maximum Gasteiger partial charge on any atom is 0.0932 e. The van der Waals surface area contributed by atoms with Gasteiger partial charge in [-0.3, -0.25) is 0 Å². The summed E-state index contributed by atoms with van der Waals surface area (Å²) in [6.07, 6.45) is 0. The predicted octanol–water partition coefficient (Wildman–Crippen LogP) is 4.94. The van der Waals surface area contributed by atoms with E-state index in [9.17, 15) is 0 Å². The van der Waals surface area contributed by atoms with Gasteiger partial charge in [-0.1, -0.05) is 11.6 Å². The second kappa shape index (κ2) is 4.56. The molecule has 0 fully saturated rings. The summed E-state index contributed by atoms with van der Waals surface area (Å²) in [5, 5.41) is 7.77. The minimum absolute atomic E-state index is 0.316. The van der Waals surface area contributed by atoms with E-state index >= 15 is 0 Å². The third-order valence-corrected chi connectivity index (χ3v) is 4.52. The molecule has 2 aromatic rings. The van der Waals surface area contributed by atoms with Crippen molar-refractivity contribution < 1.29 is 0 Å². The Morgan fingerprint density at radius 1 is 1.33 bits per heavy atom. The summed E-state index contributed by atoms with van der Waals surface area (Å²) in [6.45, 7) is 4.27. The van der Waals surface area contributed by atoms with Crippen LogP contribution in [-0.2, 0) is 0 Å². The number of aryl methyl sites for hydroxylation is 1. The number of thiophene rings is 2. The van der Waals surface area contributed by atoms with Crippen LogP contribution >= 0.6 is 34.3 Å². The molecule has 4 heteroatoms. The molecular formula is C11H12ClNS2. The first-order valence-corrected chi connectivity index (χ1v) is 6.85. The van der Waals surface area contributed by atoms with Gasteiger partial charge in [0.1, 0.15) is 0 Å². The average molecular weight is 258 g/mol. The van der Waals surface area contributed by atoms with E-state index in [4.69, 9.17) is 11.6 Å². The summed E-state index contributed by atoms with van der Waals surface area (Å²) in [7, 11) is 0. The molecule has 0 spiro atoms. The number of hydrogen-bond donors (Lipinski definition) is 1. The zero-order valence-electron chi connectivity index (χ0n) is 8.58. The Balaban J connectivity index is 2.10. The second-order valence-electron chi connectivity index (χ2n) is 3.48. The third-order valence-electron chi connectivity index (χ3n) is 2.25. The summed E-state index contributed by atoms with van der Waals surface area (Å²) in [5.74, 6) is 0. The Kier molecular flexibility index (Phi) is 3.34. The molecule has 80 valence electrons. The Hall–Kier alpha value is -0.510. The van der Waals surface area contributed by atoms with E-state index in [1.807, 2.05) is 6.07 Å². The van der Waals surface area contributed by atoms with Crippen molar-refractivity contribution in [2.75, 3.05) is 5.32 Å². The molecule has 0 saturated carbocycles. The molecule has 15 heavy (non-hydrogen) atoms. The SMILES string of the molecule is Cc1cscc1NC(C)c1ccc(Cl)s1. The lowest BCUT2D eigenvalue weighted by Crippen LogP contribution is -2.04. The lowest BCUT2D eigenvalue weighted by Gasteiger charge is -2.12. The minimum atomic E-state index is 0.316. The van der Waals surface area contributed by atoms with Crippen LogP contribution in [0.1, 0.15) is 23.4 Å². The molecule has 0 aromatic carbocycles.